The summed E-state index contributed by atoms with van der Waals surface area (Å²) in [6.07, 6.45) is 6.50. The molecule has 0 aromatic heterocycles. The summed E-state index contributed by atoms with van der Waals surface area (Å²) >= 11 is 0. The molecule has 1 aliphatic carbocycles. The first-order valence-corrected chi connectivity index (χ1v) is 7.33. The number of aliphatic hydroxyl groups excluding tert-OH is 1. The number of β-amino-alcohol motifs (C(OH)–C–C–N with tert-alkyl or cyclic N) is 1. The molecule has 0 saturated carbocycles. The lowest BCUT2D eigenvalue weighted by molar-refractivity contribution is 0.164. The van der Waals surface area contributed by atoms with Gasteiger partial charge in [0.1, 0.15) is 0 Å². The Morgan fingerprint density at radius 1 is 1.17 bits per heavy atom. The SMILES string of the molecule is OCCN1CCCC1C1CCCc2ccccc21. The smallest absolute Gasteiger partial charge is 0.0558 e. The average molecular weight is 245 g/mol. The van der Waals surface area contributed by atoms with Crippen LogP contribution in [-0.2, 0) is 6.42 Å². The number of aliphatic hydroxyl groups is 1. The molecule has 0 radical (unpaired) electrons. The number of rotatable bonds is 3. The summed E-state index contributed by atoms with van der Waals surface area (Å²) < 4.78 is 0. The lowest BCUT2D eigenvalue weighted by Crippen LogP contribution is -2.37. The van der Waals surface area contributed by atoms with E-state index in [0.717, 1.165) is 6.54 Å². The Morgan fingerprint density at radius 3 is 2.94 bits per heavy atom. The molecule has 2 atom stereocenters. The molecule has 2 unspecified atom stereocenters. The van der Waals surface area contributed by atoms with Crippen LogP contribution in [0.25, 0.3) is 0 Å². The molecule has 2 aliphatic rings. The highest BCUT2D eigenvalue weighted by atomic mass is 16.3. The van der Waals surface area contributed by atoms with E-state index in [-0.39, 0.29) is 0 Å². The zero-order valence-corrected chi connectivity index (χ0v) is 11.0. The van der Waals surface area contributed by atoms with E-state index >= 15 is 0 Å². The molecule has 1 heterocycles. The molecule has 1 aromatic rings. The molecule has 3 rings (SSSR count). The van der Waals surface area contributed by atoms with Gasteiger partial charge in [-0.2, -0.15) is 0 Å². The van der Waals surface area contributed by atoms with Crippen LogP contribution < -0.4 is 0 Å². The van der Waals surface area contributed by atoms with Crippen LogP contribution in [0.1, 0.15) is 42.7 Å². The predicted octanol–water partition coefficient (Wildman–Crippen LogP) is 2.56. The molecule has 1 saturated heterocycles. The Labute approximate surface area is 110 Å². The summed E-state index contributed by atoms with van der Waals surface area (Å²) in [6.45, 7) is 2.32. The van der Waals surface area contributed by atoms with Gasteiger partial charge in [0.25, 0.3) is 0 Å². The number of likely N-dealkylation sites (tertiary alicyclic amines) is 1. The Hall–Kier alpha value is -0.860. The fourth-order valence-electron chi connectivity index (χ4n) is 3.90. The molecule has 18 heavy (non-hydrogen) atoms. The number of fused-ring (bicyclic) bond motifs is 1. The summed E-state index contributed by atoms with van der Waals surface area (Å²) in [6, 6.07) is 9.64. The summed E-state index contributed by atoms with van der Waals surface area (Å²) in [5.41, 5.74) is 3.14. The van der Waals surface area contributed by atoms with Crippen molar-refractivity contribution >= 4 is 0 Å². The Kier molecular flexibility index (Phi) is 3.67. The number of nitrogens with zero attached hydrogens (tertiary/aromatic N) is 1. The van der Waals surface area contributed by atoms with Gasteiger partial charge in [0.05, 0.1) is 6.61 Å². The minimum atomic E-state index is 0.296. The molecular formula is C16H23NO. The second kappa shape index (κ2) is 5.41. The van der Waals surface area contributed by atoms with Crippen LogP contribution >= 0.6 is 0 Å². The third kappa shape index (κ3) is 2.19. The van der Waals surface area contributed by atoms with Gasteiger partial charge in [0, 0.05) is 12.6 Å². The van der Waals surface area contributed by atoms with Crippen LogP contribution in [0.15, 0.2) is 24.3 Å². The van der Waals surface area contributed by atoms with E-state index in [1.807, 2.05) is 0 Å². The zero-order valence-electron chi connectivity index (χ0n) is 11.0. The van der Waals surface area contributed by atoms with Gasteiger partial charge in [-0.25, -0.2) is 0 Å². The third-order valence-electron chi connectivity index (χ3n) is 4.68. The highest BCUT2D eigenvalue weighted by Gasteiger charge is 2.34. The third-order valence-corrected chi connectivity index (χ3v) is 4.68. The van der Waals surface area contributed by atoms with Gasteiger partial charge in [-0.1, -0.05) is 24.3 Å². The fraction of sp³-hybridized carbons (Fsp3) is 0.625. The average Bonchev–Trinajstić information content (AvgIpc) is 2.87. The van der Waals surface area contributed by atoms with Crippen molar-refractivity contribution < 1.29 is 5.11 Å². The minimum Gasteiger partial charge on any atom is -0.395 e. The van der Waals surface area contributed by atoms with Gasteiger partial charge >= 0.3 is 0 Å². The Morgan fingerprint density at radius 2 is 2.06 bits per heavy atom. The minimum absolute atomic E-state index is 0.296. The molecule has 0 spiro atoms. The molecule has 98 valence electrons. The molecule has 0 bridgehead atoms. The maximum absolute atomic E-state index is 9.20. The molecular weight excluding hydrogens is 222 g/mol. The van der Waals surface area contributed by atoms with Crippen molar-refractivity contribution in [1.82, 2.24) is 4.90 Å². The van der Waals surface area contributed by atoms with Crippen LogP contribution in [-0.4, -0.2) is 35.7 Å². The quantitative estimate of drug-likeness (QED) is 0.884. The van der Waals surface area contributed by atoms with Crippen molar-refractivity contribution in [3.8, 4) is 0 Å². The topological polar surface area (TPSA) is 23.5 Å². The lowest BCUT2D eigenvalue weighted by atomic mass is 9.78. The molecule has 1 aromatic carbocycles. The van der Waals surface area contributed by atoms with Gasteiger partial charge in [-0.15, -0.1) is 0 Å². The summed E-state index contributed by atoms with van der Waals surface area (Å²) in [7, 11) is 0. The maximum Gasteiger partial charge on any atom is 0.0558 e. The van der Waals surface area contributed by atoms with E-state index in [9.17, 15) is 5.11 Å². The summed E-state index contributed by atoms with van der Waals surface area (Å²) in [4.78, 5) is 2.51. The van der Waals surface area contributed by atoms with Crippen LogP contribution in [0.4, 0.5) is 0 Å². The highest BCUT2D eigenvalue weighted by Crippen LogP contribution is 2.39. The van der Waals surface area contributed by atoms with E-state index in [1.165, 1.54) is 38.6 Å². The molecule has 0 amide bonds. The molecule has 1 aliphatic heterocycles. The van der Waals surface area contributed by atoms with Gasteiger partial charge in [0.15, 0.2) is 0 Å². The van der Waals surface area contributed by atoms with Gasteiger partial charge in [-0.3, -0.25) is 4.90 Å². The standard InChI is InChI=1S/C16H23NO/c18-12-11-17-10-4-9-16(17)15-8-3-6-13-5-1-2-7-14(13)15/h1-2,5,7,15-16,18H,3-4,6,8-12H2. The number of aryl methyl sites for hydroxylation is 1. The summed E-state index contributed by atoms with van der Waals surface area (Å²) in [5, 5.41) is 9.20. The normalized spacial score (nSPS) is 28.3. The van der Waals surface area contributed by atoms with Gasteiger partial charge in [0.2, 0.25) is 0 Å². The molecule has 1 N–H and O–H groups in total. The molecule has 2 nitrogen and oxygen atoms in total. The van der Waals surface area contributed by atoms with Crippen molar-refractivity contribution in [1.29, 1.82) is 0 Å². The monoisotopic (exact) mass is 245 g/mol. The second-order valence-corrected chi connectivity index (χ2v) is 5.67. The Balaban J connectivity index is 1.84. The van der Waals surface area contributed by atoms with Crippen molar-refractivity contribution in [2.75, 3.05) is 19.7 Å². The number of hydrogen-bond acceptors (Lipinski definition) is 2. The lowest BCUT2D eigenvalue weighted by Gasteiger charge is -2.35. The van der Waals surface area contributed by atoms with E-state index in [1.54, 1.807) is 11.1 Å². The van der Waals surface area contributed by atoms with Crippen molar-refractivity contribution in [3.05, 3.63) is 35.4 Å². The van der Waals surface area contributed by atoms with Crippen LogP contribution in [0.5, 0.6) is 0 Å². The number of hydrogen-bond donors (Lipinski definition) is 1. The van der Waals surface area contributed by atoms with E-state index < -0.39 is 0 Å². The van der Waals surface area contributed by atoms with E-state index in [2.05, 4.69) is 29.2 Å². The fourth-order valence-corrected chi connectivity index (χ4v) is 3.90. The largest absolute Gasteiger partial charge is 0.395 e. The van der Waals surface area contributed by atoms with Gasteiger partial charge < -0.3 is 5.11 Å². The Bertz CT molecular complexity index is 404. The van der Waals surface area contributed by atoms with Gasteiger partial charge in [-0.05, 0) is 55.7 Å². The zero-order chi connectivity index (χ0) is 12.4. The second-order valence-electron chi connectivity index (χ2n) is 5.67. The van der Waals surface area contributed by atoms with Crippen molar-refractivity contribution in [3.63, 3.8) is 0 Å². The molecule has 1 fully saturated rings. The first kappa shape index (κ1) is 12.2. The summed E-state index contributed by atoms with van der Waals surface area (Å²) in [5.74, 6) is 0.698. The first-order valence-electron chi connectivity index (χ1n) is 7.33. The maximum atomic E-state index is 9.20. The van der Waals surface area contributed by atoms with Crippen molar-refractivity contribution in [2.45, 2.75) is 44.1 Å². The van der Waals surface area contributed by atoms with E-state index in [0.29, 0.717) is 18.6 Å². The highest BCUT2D eigenvalue weighted by molar-refractivity contribution is 5.34. The van der Waals surface area contributed by atoms with E-state index in [4.69, 9.17) is 0 Å². The van der Waals surface area contributed by atoms with Crippen molar-refractivity contribution in [2.24, 2.45) is 0 Å². The molecule has 2 heteroatoms. The number of benzene rings is 1. The predicted molar refractivity (Wildman–Crippen MR) is 73.8 cm³/mol. The first-order chi connectivity index (χ1) is 8.90. The van der Waals surface area contributed by atoms with Crippen LogP contribution in [0, 0.1) is 0 Å². The van der Waals surface area contributed by atoms with Crippen LogP contribution in [0.2, 0.25) is 0 Å². The van der Waals surface area contributed by atoms with Crippen LogP contribution in [0.3, 0.4) is 0 Å².